The van der Waals surface area contributed by atoms with Gasteiger partial charge < -0.3 is 14.5 Å². The number of carbonyl (C=O) groups excluding carboxylic acids is 1. The zero-order valence-corrected chi connectivity index (χ0v) is 16.9. The van der Waals surface area contributed by atoms with Crippen molar-refractivity contribution in [2.45, 2.75) is 64.0 Å². The zero-order valence-electron chi connectivity index (χ0n) is 16.9. The summed E-state index contributed by atoms with van der Waals surface area (Å²) in [5.41, 5.74) is 1.73. The molecule has 0 spiro atoms. The van der Waals surface area contributed by atoms with E-state index >= 15 is 0 Å². The van der Waals surface area contributed by atoms with Crippen LogP contribution in [0.3, 0.4) is 0 Å². The first kappa shape index (κ1) is 18.5. The Hall–Kier alpha value is -0.870. The molecule has 0 radical (unpaired) electrons. The van der Waals surface area contributed by atoms with Gasteiger partial charge in [0.05, 0.1) is 5.92 Å². The van der Waals surface area contributed by atoms with Crippen LogP contribution in [0.5, 0.6) is 0 Å². The molecule has 0 amide bonds. The van der Waals surface area contributed by atoms with E-state index in [1.165, 1.54) is 37.7 Å². The van der Waals surface area contributed by atoms with E-state index in [2.05, 4.69) is 37.4 Å². The Morgan fingerprint density at radius 3 is 2.81 bits per heavy atom. The molecule has 0 aromatic rings. The lowest BCUT2D eigenvalue weighted by atomic mass is 9.55. The van der Waals surface area contributed by atoms with Crippen molar-refractivity contribution >= 4 is 5.97 Å². The Balaban J connectivity index is 1.44. The van der Waals surface area contributed by atoms with Crippen molar-refractivity contribution in [3.8, 4) is 0 Å². The fourth-order valence-corrected chi connectivity index (χ4v) is 6.36. The number of rotatable bonds is 3. The molecule has 2 saturated heterocycles. The lowest BCUT2D eigenvalue weighted by Gasteiger charge is -2.50. The highest BCUT2D eigenvalue weighted by Gasteiger charge is 2.55. The van der Waals surface area contributed by atoms with Crippen molar-refractivity contribution < 1.29 is 9.53 Å². The predicted octanol–water partition coefficient (Wildman–Crippen LogP) is 3.33. The fourth-order valence-electron chi connectivity index (χ4n) is 6.36. The van der Waals surface area contributed by atoms with Crippen molar-refractivity contribution in [3.05, 3.63) is 12.2 Å². The van der Waals surface area contributed by atoms with Crippen molar-refractivity contribution in [3.63, 3.8) is 0 Å². The highest BCUT2D eigenvalue weighted by Crippen LogP contribution is 2.56. The van der Waals surface area contributed by atoms with Crippen LogP contribution in [0.15, 0.2) is 12.2 Å². The van der Waals surface area contributed by atoms with E-state index < -0.39 is 0 Å². The standard InChI is InChI=1S/C22H36N2O2/c1-15-6-5-9-22(2)13-20-17(12-19(15)22)18(21(25)26-20)14-24(4)16-7-10-23(3)11-8-16/h16-20H,1,5-14H2,2-4H3/t17-,18-,19-,20-,22-/m1/s1. The maximum Gasteiger partial charge on any atom is 0.310 e. The average Bonchev–Trinajstić information content (AvgIpc) is 2.88. The van der Waals surface area contributed by atoms with E-state index in [-0.39, 0.29) is 18.0 Å². The summed E-state index contributed by atoms with van der Waals surface area (Å²) < 4.78 is 5.93. The maximum absolute atomic E-state index is 12.7. The number of carbonyl (C=O) groups is 1. The molecule has 2 aliphatic carbocycles. The van der Waals surface area contributed by atoms with Gasteiger partial charge in [0.1, 0.15) is 6.10 Å². The maximum atomic E-state index is 12.7. The smallest absolute Gasteiger partial charge is 0.310 e. The molecule has 0 aromatic heterocycles. The van der Waals surface area contributed by atoms with Crippen LogP contribution in [0.25, 0.3) is 0 Å². The summed E-state index contributed by atoms with van der Waals surface area (Å²) in [6, 6.07) is 0.608. The summed E-state index contributed by atoms with van der Waals surface area (Å²) in [4.78, 5) is 17.6. The molecule has 0 aromatic carbocycles. The largest absolute Gasteiger partial charge is 0.462 e. The number of hydrogen-bond donors (Lipinski definition) is 0. The number of fused-ring (bicyclic) bond motifs is 2. The number of esters is 1. The van der Waals surface area contributed by atoms with E-state index in [9.17, 15) is 4.79 Å². The minimum atomic E-state index is 0.0592. The molecule has 4 heteroatoms. The van der Waals surface area contributed by atoms with E-state index in [4.69, 9.17) is 4.74 Å². The van der Waals surface area contributed by atoms with Gasteiger partial charge in [-0.15, -0.1) is 0 Å². The lowest BCUT2D eigenvalue weighted by molar-refractivity contribution is -0.146. The van der Waals surface area contributed by atoms with Gasteiger partial charge in [0.25, 0.3) is 0 Å². The van der Waals surface area contributed by atoms with Crippen LogP contribution >= 0.6 is 0 Å². The number of likely N-dealkylation sites (tertiary alicyclic amines) is 1. The summed E-state index contributed by atoms with van der Waals surface area (Å²) in [6.45, 7) is 10.0. The van der Waals surface area contributed by atoms with Gasteiger partial charge in [-0.25, -0.2) is 0 Å². The van der Waals surface area contributed by atoms with Gasteiger partial charge in [0.15, 0.2) is 0 Å². The highest BCUT2D eigenvalue weighted by atomic mass is 16.6. The Bertz CT molecular complexity index is 568. The molecule has 0 unspecified atom stereocenters. The first-order valence-electron chi connectivity index (χ1n) is 10.6. The van der Waals surface area contributed by atoms with Crippen LogP contribution in [0.1, 0.15) is 51.9 Å². The van der Waals surface area contributed by atoms with Gasteiger partial charge in [0.2, 0.25) is 0 Å². The number of ether oxygens (including phenoxy) is 1. The van der Waals surface area contributed by atoms with E-state index in [0.717, 1.165) is 32.5 Å². The number of piperidine rings is 1. The predicted molar refractivity (Wildman–Crippen MR) is 104 cm³/mol. The van der Waals surface area contributed by atoms with Gasteiger partial charge >= 0.3 is 5.97 Å². The zero-order chi connectivity index (χ0) is 18.5. The lowest BCUT2D eigenvalue weighted by Crippen LogP contribution is -2.47. The van der Waals surface area contributed by atoms with Gasteiger partial charge in [0, 0.05) is 18.5 Å². The summed E-state index contributed by atoms with van der Waals surface area (Å²) >= 11 is 0. The Morgan fingerprint density at radius 2 is 2.08 bits per heavy atom. The van der Waals surface area contributed by atoms with Crippen molar-refractivity contribution in [1.82, 2.24) is 9.80 Å². The van der Waals surface area contributed by atoms with E-state index in [1.807, 2.05) is 0 Å². The minimum absolute atomic E-state index is 0.0592. The molecule has 0 N–H and O–H groups in total. The van der Waals surface area contributed by atoms with Crippen molar-refractivity contribution in [2.24, 2.45) is 23.2 Å². The van der Waals surface area contributed by atoms with Gasteiger partial charge in [-0.2, -0.15) is 0 Å². The normalized spacial score (nSPS) is 41.8. The molecule has 4 fully saturated rings. The summed E-state index contributed by atoms with van der Waals surface area (Å²) in [7, 11) is 4.41. The molecule has 4 nitrogen and oxygen atoms in total. The second kappa shape index (κ2) is 6.94. The van der Waals surface area contributed by atoms with E-state index in [1.54, 1.807) is 0 Å². The van der Waals surface area contributed by atoms with Crippen LogP contribution < -0.4 is 0 Å². The Labute approximate surface area is 158 Å². The monoisotopic (exact) mass is 360 g/mol. The highest BCUT2D eigenvalue weighted by molar-refractivity contribution is 5.75. The Morgan fingerprint density at radius 1 is 1.35 bits per heavy atom. The third-order valence-electron chi connectivity index (χ3n) is 8.12. The second-order valence-electron chi connectivity index (χ2n) is 9.88. The second-order valence-corrected chi connectivity index (χ2v) is 9.88. The van der Waals surface area contributed by atoms with Gasteiger partial charge in [-0.1, -0.05) is 19.1 Å². The van der Waals surface area contributed by atoms with E-state index in [0.29, 0.717) is 23.3 Å². The third-order valence-corrected chi connectivity index (χ3v) is 8.12. The van der Waals surface area contributed by atoms with Crippen LogP contribution in [-0.4, -0.2) is 61.6 Å². The molecule has 4 aliphatic rings. The molecule has 26 heavy (non-hydrogen) atoms. The molecule has 4 rings (SSSR count). The topological polar surface area (TPSA) is 32.8 Å². The van der Waals surface area contributed by atoms with Crippen molar-refractivity contribution in [2.75, 3.05) is 33.7 Å². The van der Waals surface area contributed by atoms with Crippen LogP contribution in [0, 0.1) is 23.2 Å². The van der Waals surface area contributed by atoms with Crippen LogP contribution in [0.4, 0.5) is 0 Å². The summed E-state index contributed by atoms with van der Waals surface area (Å²) in [5.74, 6) is 1.10. The molecule has 146 valence electrons. The minimum Gasteiger partial charge on any atom is -0.462 e. The molecular weight excluding hydrogens is 324 g/mol. The molecule has 2 aliphatic heterocycles. The first-order chi connectivity index (χ1) is 12.4. The first-order valence-corrected chi connectivity index (χ1v) is 10.6. The molecule has 5 atom stereocenters. The summed E-state index contributed by atoms with van der Waals surface area (Å²) in [6.07, 6.45) is 8.40. The van der Waals surface area contributed by atoms with Gasteiger partial charge in [-0.3, -0.25) is 4.79 Å². The fraction of sp³-hybridized carbons (Fsp3) is 0.864. The summed E-state index contributed by atoms with van der Waals surface area (Å²) in [5, 5.41) is 0. The molecule has 0 bridgehead atoms. The van der Waals surface area contributed by atoms with Gasteiger partial charge in [-0.05, 0) is 83.5 Å². The number of nitrogens with zero attached hydrogens (tertiary/aromatic N) is 2. The quantitative estimate of drug-likeness (QED) is 0.571. The SMILES string of the molecule is C=C1CCC[C@]2(C)C[C@H]3OC(=O)[C@H](CN(C)C4CCN(C)CC4)[C@H]3C[C@H]12. The third kappa shape index (κ3) is 3.24. The number of allylic oxidation sites excluding steroid dienone is 1. The van der Waals surface area contributed by atoms with Crippen LogP contribution in [0.2, 0.25) is 0 Å². The number of hydrogen-bond acceptors (Lipinski definition) is 4. The van der Waals surface area contributed by atoms with Crippen molar-refractivity contribution in [1.29, 1.82) is 0 Å². The molecule has 2 saturated carbocycles. The Kier molecular flexibility index (Phi) is 4.94. The average molecular weight is 361 g/mol. The molecule has 2 heterocycles. The molecular formula is C22H36N2O2. The van der Waals surface area contributed by atoms with Crippen LogP contribution in [-0.2, 0) is 9.53 Å².